The van der Waals surface area contributed by atoms with Gasteiger partial charge in [0.2, 0.25) is 5.91 Å². The summed E-state index contributed by atoms with van der Waals surface area (Å²) < 4.78 is 0. The Labute approximate surface area is 137 Å². The lowest BCUT2D eigenvalue weighted by Crippen LogP contribution is -2.38. The van der Waals surface area contributed by atoms with E-state index >= 15 is 0 Å². The van der Waals surface area contributed by atoms with Gasteiger partial charge in [0.1, 0.15) is 0 Å². The monoisotopic (exact) mass is 318 g/mol. The largest absolute Gasteiger partial charge is 0.392 e. The van der Waals surface area contributed by atoms with Crippen molar-refractivity contribution in [3.05, 3.63) is 35.4 Å². The molecule has 1 aliphatic carbocycles. The van der Waals surface area contributed by atoms with Crippen LogP contribution in [0.15, 0.2) is 24.3 Å². The number of carbonyl (C=O) groups is 2. The maximum atomic E-state index is 12.6. The van der Waals surface area contributed by atoms with E-state index in [1.807, 2.05) is 19.1 Å². The van der Waals surface area contributed by atoms with E-state index in [1.54, 1.807) is 36.0 Å². The van der Waals surface area contributed by atoms with E-state index in [9.17, 15) is 14.7 Å². The third-order valence-electron chi connectivity index (χ3n) is 4.47. The fourth-order valence-electron chi connectivity index (χ4n) is 3.04. The summed E-state index contributed by atoms with van der Waals surface area (Å²) in [6.07, 6.45) is 1.90. The minimum absolute atomic E-state index is 0.0333. The summed E-state index contributed by atoms with van der Waals surface area (Å²) in [6, 6.07) is 7.36. The van der Waals surface area contributed by atoms with Gasteiger partial charge in [-0.15, -0.1) is 0 Å². The molecule has 1 aliphatic rings. The molecule has 126 valence electrons. The molecule has 0 aromatic heterocycles. The highest BCUT2D eigenvalue weighted by Crippen LogP contribution is 2.27. The highest BCUT2D eigenvalue weighted by atomic mass is 16.3. The van der Waals surface area contributed by atoms with Crippen LogP contribution in [0, 0.1) is 5.92 Å². The van der Waals surface area contributed by atoms with Gasteiger partial charge in [-0.25, -0.2) is 0 Å². The number of rotatable bonds is 5. The predicted octanol–water partition coefficient (Wildman–Crippen LogP) is 1.90. The van der Waals surface area contributed by atoms with E-state index in [0.29, 0.717) is 18.7 Å². The molecular weight excluding hydrogens is 292 g/mol. The molecule has 1 aromatic rings. The lowest BCUT2D eigenvalue weighted by atomic mass is 10.0. The van der Waals surface area contributed by atoms with Crippen molar-refractivity contribution in [2.45, 2.75) is 38.8 Å². The maximum absolute atomic E-state index is 12.6. The summed E-state index contributed by atoms with van der Waals surface area (Å²) in [5, 5.41) is 9.93. The van der Waals surface area contributed by atoms with E-state index in [0.717, 1.165) is 24.8 Å². The highest BCUT2D eigenvalue weighted by Gasteiger charge is 2.33. The first-order chi connectivity index (χ1) is 10.9. The number of hydrogen-bond acceptors (Lipinski definition) is 3. The molecule has 0 spiro atoms. The Balaban J connectivity index is 2.04. The van der Waals surface area contributed by atoms with Crippen LogP contribution in [0.25, 0.3) is 0 Å². The molecule has 0 saturated heterocycles. The quantitative estimate of drug-likeness (QED) is 0.902. The average Bonchev–Trinajstić information content (AvgIpc) is 2.97. The van der Waals surface area contributed by atoms with Crippen LogP contribution in [0.4, 0.5) is 0 Å². The van der Waals surface area contributed by atoms with Crippen molar-refractivity contribution >= 4 is 11.8 Å². The molecule has 1 N–H and O–H groups in total. The molecule has 5 nitrogen and oxygen atoms in total. The zero-order valence-electron chi connectivity index (χ0n) is 14.2. The summed E-state index contributed by atoms with van der Waals surface area (Å²) in [5.74, 6) is -0.260. The van der Waals surface area contributed by atoms with E-state index in [2.05, 4.69) is 0 Å². The second-order valence-corrected chi connectivity index (χ2v) is 6.35. The topological polar surface area (TPSA) is 60.9 Å². The van der Waals surface area contributed by atoms with Crippen LogP contribution in [-0.4, -0.2) is 53.5 Å². The minimum atomic E-state index is -0.503. The van der Waals surface area contributed by atoms with Crippen molar-refractivity contribution in [2.24, 2.45) is 5.92 Å². The number of amides is 2. The summed E-state index contributed by atoms with van der Waals surface area (Å²) in [6.45, 7) is 3.07. The third-order valence-corrected chi connectivity index (χ3v) is 4.47. The normalized spacial score (nSPS) is 20.3. The van der Waals surface area contributed by atoms with Gasteiger partial charge in [0.25, 0.3) is 5.91 Å². The zero-order valence-corrected chi connectivity index (χ0v) is 14.2. The first-order valence-electron chi connectivity index (χ1n) is 8.21. The summed E-state index contributed by atoms with van der Waals surface area (Å²) in [5.41, 5.74) is 1.63. The number of carbonyl (C=O) groups excluding carboxylic acids is 2. The third kappa shape index (κ3) is 4.10. The summed E-state index contributed by atoms with van der Waals surface area (Å²) in [4.78, 5) is 27.8. The summed E-state index contributed by atoms with van der Waals surface area (Å²) in [7, 11) is 3.45. The fraction of sp³-hybridized carbons (Fsp3) is 0.556. The molecular formula is C18H26N2O3. The molecule has 2 amide bonds. The van der Waals surface area contributed by atoms with Crippen LogP contribution in [0.2, 0.25) is 0 Å². The molecule has 0 radical (unpaired) electrons. The lowest BCUT2D eigenvalue weighted by molar-refractivity contribution is -0.138. The molecule has 2 rings (SSSR count). The van der Waals surface area contributed by atoms with Crippen molar-refractivity contribution in [3.8, 4) is 0 Å². The second kappa shape index (κ2) is 7.59. The van der Waals surface area contributed by atoms with Gasteiger partial charge in [0.05, 0.1) is 12.0 Å². The van der Waals surface area contributed by atoms with Crippen molar-refractivity contribution < 1.29 is 14.7 Å². The van der Waals surface area contributed by atoms with Gasteiger partial charge in [0.15, 0.2) is 0 Å². The van der Waals surface area contributed by atoms with Gasteiger partial charge < -0.3 is 14.9 Å². The van der Waals surface area contributed by atoms with Gasteiger partial charge in [-0.05, 0) is 43.9 Å². The van der Waals surface area contributed by atoms with E-state index in [4.69, 9.17) is 0 Å². The smallest absolute Gasteiger partial charge is 0.253 e. The maximum Gasteiger partial charge on any atom is 0.253 e. The second-order valence-electron chi connectivity index (χ2n) is 6.35. The Morgan fingerprint density at radius 2 is 1.83 bits per heavy atom. The molecule has 1 fully saturated rings. The van der Waals surface area contributed by atoms with Crippen LogP contribution in [0.1, 0.15) is 42.1 Å². The molecule has 1 aromatic carbocycles. The SMILES string of the molecule is CCN(Cc1ccc(C(=O)N(C)C)cc1)C(=O)C1CCCC1O. The Morgan fingerprint density at radius 3 is 2.30 bits per heavy atom. The summed E-state index contributed by atoms with van der Waals surface area (Å²) >= 11 is 0. The highest BCUT2D eigenvalue weighted by molar-refractivity contribution is 5.93. The molecule has 5 heteroatoms. The van der Waals surface area contributed by atoms with Gasteiger partial charge in [0, 0.05) is 32.7 Å². The molecule has 0 heterocycles. The Bertz CT molecular complexity index is 554. The standard InChI is InChI=1S/C18H26N2O3/c1-4-20(18(23)15-6-5-7-16(15)21)12-13-8-10-14(11-9-13)17(22)19(2)3/h8-11,15-16,21H,4-7,12H2,1-3H3. The molecule has 23 heavy (non-hydrogen) atoms. The first-order valence-corrected chi connectivity index (χ1v) is 8.21. The van der Waals surface area contributed by atoms with Gasteiger partial charge in [-0.1, -0.05) is 12.1 Å². The van der Waals surface area contributed by atoms with Crippen molar-refractivity contribution in [1.82, 2.24) is 9.80 Å². The van der Waals surface area contributed by atoms with Crippen molar-refractivity contribution in [3.63, 3.8) is 0 Å². The predicted molar refractivity (Wildman–Crippen MR) is 88.9 cm³/mol. The van der Waals surface area contributed by atoms with Crippen LogP contribution in [0.3, 0.4) is 0 Å². The van der Waals surface area contributed by atoms with Crippen molar-refractivity contribution in [2.75, 3.05) is 20.6 Å². The van der Waals surface area contributed by atoms with Gasteiger partial charge >= 0.3 is 0 Å². The van der Waals surface area contributed by atoms with Gasteiger partial charge in [-0.3, -0.25) is 9.59 Å². The minimum Gasteiger partial charge on any atom is -0.392 e. The molecule has 2 unspecified atom stereocenters. The van der Waals surface area contributed by atoms with Crippen LogP contribution in [0.5, 0.6) is 0 Å². The van der Waals surface area contributed by atoms with Crippen LogP contribution >= 0.6 is 0 Å². The van der Waals surface area contributed by atoms with Crippen molar-refractivity contribution in [1.29, 1.82) is 0 Å². The Hall–Kier alpha value is -1.88. The number of aliphatic hydroxyl groups is 1. The van der Waals surface area contributed by atoms with E-state index in [-0.39, 0.29) is 17.7 Å². The molecule has 2 atom stereocenters. The van der Waals surface area contributed by atoms with E-state index < -0.39 is 6.10 Å². The average molecular weight is 318 g/mol. The number of hydrogen-bond donors (Lipinski definition) is 1. The molecule has 0 aliphatic heterocycles. The number of aliphatic hydroxyl groups excluding tert-OH is 1. The number of nitrogens with zero attached hydrogens (tertiary/aromatic N) is 2. The first kappa shape index (κ1) is 17.5. The fourth-order valence-corrected chi connectivity index (χ4v) is 3.04. The van der Waals surface area contributed by atoms with Crippen LogP contribution in [-0.2, 0) is 11.3 Å². The van der Waals surface area contributed by atoms with Gasteiger partial charge in [-0.2, -0.15) is 0 Å². The van der Waals surface area contributed by atoms with Crippen LogP contribution < -0.4 is 0 Å². The lowest BCUT2D eigenvalue weighted by Gasteiger charge is -2.26. The van der Waals surface area contributed by atoms with E-state index in [1.165, 1.54) is 0 Å². The zero-order chi connectivity index (χ0) is 17.0. The molecule has 0 bridgehead atoms. The Morgan fingerprint density at radius 1 is 1.17 bits per heavy atom. The Kier molecular flexibility index (Phi) is 5.77. The molecule has 1 saturated carbocycles. The number of benzene rings is 1.